The Hall–Kier alpha value is -2.34. The number of hydrogen-bond donors (Lipinski definition) is 2. The maximum Gasteiger partial charge on any atom is 0.135 e. The van der Waals surface area contributed by atoms with Gasteiger partial charge in [0.05, 0.1) is 12.2 Å². The summed E-state index contributed by atoms with van der Waals surface area (Å²) in [5.74, 6) is 2.40. The van der Waals surface area contributed by atoms with E-state index in [1.807, 2.05) is 44.2 Å². The lowest BCUT2D eigenvalue weighted by molar-refractivity contribution is 0.120. The third-order valence-electron chi connectivity index (χ3n) is 3.70. The molecule has 1 aromatic carbocycles. The molecule has 1 fully saturated rings. The van der Waals surface area contributed by atoms with Gasteiger partial charge < -0.3 is 20.1 Å². The van der Waals surface area contributed by atoms with E-state index in [9.17, 15) is 0 Å². The molecule has 1 unspecified atom stereocenters. The highest BCUT2D eigenvalue weighted by Crippen LogP contribution is 2.21. The Balaban J connectivity index is 1.57. The van der Waals surface area contributed by atoms with Crippen molar-refractivity contribution in [2.45, 2.75) is 38.9 Å². The van der Waals surface area contributed by atoms with Crippen LogP contribution in [-0.4, -0.2) is 35.3 Å². The third kappa shape index (κ3) is 4.83. The minimum Gasteiger partial charge on any atom is -0.491 e. The molecule has 2 N–H and O–H groups in total. The van der Waals surface area contributed by atoms with Crippen LogP contribution in [0, 0.1) is 0 Å². The second-order valence-corrected chi connectivity index (χ2v) is 6.12. The zero-order valence-electron chi connectivity index (χ0n) is 14.2. The Morgan fingerprint density at radius 1 is 1.21 bits per heavy atom. The molecule has 1 aliphatic heterocycles. The van der Waals surface area contributed by atoms with E-state index in [0.29, 0.717) is 0 Å². The quantitative estimate of drug-likeness (QED) is 0.809. The molecule has 3 rings (SSSR count). The summed E-state index contributed by atoms with van der Waals surface area (Å²) in [5, 5.41) is 6.58. The summed E-state index contributed by atoms with van der Waals surface area (Å²) < 4.78 is 11.2. The summed E-state index contributed by atoms with van der Waals surface area (Å²) in [6, 6.07) is 9.73. The molecular formula is C18H24N4O2. The number of hydrogen-bond acceptors (Lipinski definition) is 6. The molecule has 6 heteroatoms. The van der Waals surface area contributed by atoms with Gasteiger partial charge in [-0.1, -0.05) is 0 Å². The van der Waals surface area contributed by atoms with E-state index in [1.165, 1.54) is 0 Å². The van der Waals surface area contributed by atoms with E-state index >= 15 is 0 Å². The summed E-state index contributed by atoms with van der Waals surface area (Å²) in [7, 11) is 0. The van der Waals surface area contributed by atoms with Crippen molar-refractivity contribution in [3.63, 3.8) is 0 Å². The predicted molar refractivity (Wildman–Crippen MR) is 95.0 cm³/mol. The van der Waals surface area contributed by atoms with Crippen molar-refractivity contribution in [3.05, 3.63) is 36.7 Å². The van der Waals surface area contributed by atoms with Crippen molar-refractivity contribution in [1.82, 2.24) is 9.97 Å². The Labute approximate surface area is 142 Å². The smallest absolute Gasteiger partial charge is 0.135 e. The molecule has 0 spiro atoms. The van der Waals surface area contributed by atoms with Gasteiger partial charge in [-0.3, -0.25) is 0 Å². The maximum atomic E-state index is 5.64. The molecule has 0 bridgehead atoms. The molecule has 1 aliphatic rings. The Kier molecular flexibility index (Phi) is 5.48. The topological polar surface area (TPSA) is 68.3 Å². The average Bonchev–Trinajstić information content (AvgIpc) is 3.08. The number of nitrogens with zero attached hydrogens (tertiary/aromatic N) is 2. The van der Waals surface area contributed by atoms with E-state index in [1.54, 1.807) is 6.33 Å². The third-order valence-corrected chi connectivity index (χ3v) is 3.70. The van der Waals surface area contributed by atoms with Gasteiger partial charge in [0.15, 0.2) is 0 Å². The highest BCUT2D eigenvalue weighted by molar-refractivity contribution is 5.59. The summed E-state index contributed by atoms with van der Waals surface area (Å²) in [5.41, 5.74) is 0.954. The largest absolute Gasteiger partial charge is 0.491 e. The standard InChI is InChI=1S/C18H24N4O2/c1-13(2)24-15-7-5-14(6-8-15)22-18-10-17(20-12-21-18)19-11-16-4-3-9-23-16/h5-8,10,12-13,16H,3-4,9,11H2,1-2H3,(H2,19,20,21,22). The van der Waals surface area contributed by atoms with Crippen molar-refractivity contribution >= 4 is 17.3 Å². The Morgan fingerprint density at radius 2 is 2.00 bits per heavy atom. The van der Waals surface area contributed by atoms with Crippen molar-refractivity contribution in [2.75, 3.05) is 23.8 Å². The van der Waals surface area contributed by atoms with Crippen LogP contribution in [0.25, 0.3) is 0 Å². The van der Waals surface area contributed by atoms with Crippen LogP contribution >= 0.6 is 0 Å². The highest BCUT2D eigenvalue weighted by Gasteiger charge is 2.15. The van der Waals surface area contributed by atoms with Gasteiger partial charge in [-0.2, -0.15) is 0 Å². The number of rotatable bonds is 7. The molecular weight excluding hydrogens is 304 g/mol. The first-order chi connectivity index (χ1) is 11.7. The Bertz CT molecular complexity index is 640. The molecule has 2 aromatic rings. The summed E-state index contributed by atoms with van der Waals surface area (Å²) in [4.78, 5) is 8.51. The van der Waals surface area contributed by atoms with Gasteiger partial charge in [-0.05, 0) is 51.0 Å². The van der Waals surface area contributed by atoms with Gasteiger partial charge in [-0.15, -0.1) is 0 Å². The van der Waals surface area contributed by atoms with Gasteiger partial charge in [0.2, 0.25) is 0 Å². The number of ether oxygens (including phenoxy) is 2. The molecule has 0 aliphatic carbocycles. The van der Waals surface area contributed by atoms with Gasteiger partial charge in [0.25, 0.3) is 0 Å². The van der Waals surface area contributed by atoms with Crippen molar-refractivity contribution < 1.29 is 9.47 Å². The summed E-state index contributed by atoms with van der Waals surface area (Å²) in [6.45, 7) is 5.66. The lowest BCUT2D eigenvalue weighted by Crippen LogP contribution is -2.19. The van der Waals surface area contributed by atoms with Crippen LogP contribution in [-0.2, 0) is 4.74 Å². The molecule has 1 aromatic heterocycles. The summed E-state index contributed by atoms with van der Waals surface area (Å²) in [6.07, 6.45) is 4.25. The molecule has 6 nitrogen and oxygen atoms in total. The Morgan fingerprint density at radius 3 is 2.71 bits per heavy atom. The first-order valence-corrected chi connectivity index (χ1v) is 8.40. The minimum absolute atomic E-state index is 0.170. The number of anilines is 3. The number of benzene rings is 1. The van der Waals surface area contributed by atoms with Crippen LogP contribution in [0.1, 0.15) is 26.7 Å². The molecule has 0 radical (unpaired) electrons. The second kappa shape index (κ2) is 7.97. The van der Waals surface area contributed by atoms with Crippen LogP contribution in [0.5, 0.6) is 5.75 Å². The average molecular weight is 328 g/mol. The predicted octanol–water partition coefficient (Wildman–Crippen LogP) is 3.60. The highest BCUT2D eigenvalue weighted by atomic mass is 16.5. The molecule has 2 heterocycles. The fraction of sp³-hybridized carbons (Fsp3) is 0.444. The second-order valence-electron chi connectivity index (χ2n) is 6.12. The fourth-order valence-electron chi connectivity index (χ4n) is 2.58. The number of aromatic nitrogens is 2. The SMILES string of the molecule is CC(C)Oc1ccc(Nc2cc(NCC3CCCO3)ncn2)cc1. The van der Waals surface area contributed by atoms with Crippen LogP contribution < -0.4 is 15.4 Å². The van der Waals surface area contributed by atoms with Crippen LogP contribution in [0.4, 0.5) is 17.3 Å². The van der Waals surface area contributed by atoms with E-state index in [4.69, 9.17) is 9.47 Å². The van der Waals surface area contributed by atoms with Crippen LogP contribution in [0.15, 0.2) is 36.7 Å². The zero-order chi connectivity index (χ0) is 16.8. The normalized spacial score (nSPS) is 17.0. The fourth-order valence-corrected chi connectivity index (χ4v) is 2.58. The monoisotopic (exact) mass is 328 g/mol. The van der Waals surface area contributed by atoms with Gasteiger partial charge in [0, 0.05) is 24.9 Å². The van der Waals surface area contributed by atoms with E-state index in [2.05, 4.69) is 20.6 Å². The van der Waals surface area contributed by atoms with Gasteiger partial charge in [0.1, 0.15) is 23.7 Å². The first kappa shape index (κ1) is 16.5. The lowest BCUT2D eigenvalue weighted by Gasteiger charge is -2.13. The van der Waals surface area contributed by atoms with E-state index < -0.39 is 0 Å². The lowest BCUT2D eigenvalue weighted by atomic mass is 10.2. The van der Waals surface area contributed by atoms with Gasteiger partial charge >= 0.3 is 0 Å². The molecule has 128 valence electrons. The van der Waals surface area contributed by atoms with E-state index in [0.717, 1.165) is 49.1 Å². The van der Waals surface area contributed by atoms with Crippen molar-refractivity contribution in [1.29, 1.82) is 0 Å². The molecule has 1 saturated heterocycles. The van der Waals surface area contributed by atoms with Crippen LogP contribution in [0.3, 0.4) is 0 Å². The van der Waals surface area contributed by atoms with E-state index in [-0.39, 0.29) is 12.2 Å². The maximum absolute atomic E-state index is 5.64. The number of nitrogens with one attached hydrogen (secondary N) is 2. The zero-order valence-corrected chi connectivity index (χ0v) is 14.2. The molecule has 1 atom stereocenters. The summed E-state index contributed by atoms with van der Waals surface area (Å²) >= 11 is 0. The van der Waals surface area contributed by atoms with Crippen LogP contribution in [0.2, 0.25) is 0 Å². The van der Waals surface area contributed by atoms with Crippen molar-refractivity contribution in [2.24, 2.45) is 0 Å². The van der Waals surface area contributed by atoms with Gasteiger partial charge in [-0.25, -0.2) is 9.97 Å². The molecule has 24 heavy (non-hydrogen) atoms. The molecule has 0 amide bonds. The first-order valence-electron chi connectivity index (χ1n) is 8.40. The van der Waals surface area contributed by atoms with Crippen molar-refractivity contribution in [3.8, 4) is 5.75 Å². The minimum atomic E-state index is 0.170. The molecule has 0 saturated carbocycles.